The minimum atomic E-state index is 0.110. The second-order valence-electron chi connectivity index (χ2n) is 5.40. The van der Waals surface area contributed by atoms with E-state index in [2.05, 4.69) is 22.3 Å². The second-order valence-corrected chi connectivity index (χ2v) is 6.70. The SMILES string of the molecule is CSCC(=O)NCC(c1ccc(Cl)cc1)N1CCCCC1. The van der Waals surface area contributed by atoms with E-state index < -0.39 is 0 Å². The molecule has 5 heteroatoms. The Morgan fingerprint density at radius 3 is 2.57 bits per heavy atom. The summed E-state index contributed by atoms with van der Waals surface area (Å²) in [7, 11) is 0. The van der Waals surface area contributed by atoms with Gasteiger partial charge in [0.05, 0.1) is 11.8 Å². The molecule has 1 N–H and O–H groups in total. The molecule has 1 aliphatic heterocycles. The van der Waals surface area contributed by atoms with Crippen molar-refractivity contribution >= 4 is 29.3 Å². The molecule has 116 valence electrons. The molecule has 0 spiro atoms. The van der Waals surface area contributed by atoms with Gasteiger partial charge in [-0.1, -0.05) is 30.2 Å². The molecule has 3 nitrogen and oxygen atoms in total. The van der Waals surface area contributed by atoms with Gasteiger partial charge in [0.1, 0.15) is 0 Å². The molecule has 0 aliphatic carbocycles. The van der Waals surface area contributed by atoms with Crippen molar-refractivity contribution in [1.29, 1.82) is 0 Å². The summed E-state index contributed by atoms with van der Waals surface area (Å²) in [6.45, 7) is 2.87. The third kappa shape index (κ3) is 5.20. The first-order valence-electron chi connectivity index (χ1n) is 7.46. The molecular weight excluding hydrogens is 304 g/mol. The molecule has 1 fully saturated rings. The number of piperidine rings is 1. The van der Waals surface area contributed by atoms with E-state index in [1.54, 1.807) is 11.8 Å². The Hall–Kier alpha value is -0.710. The van der Waals surface area contributed by atoms with Crippen LogP contribution in [0.1, 0.15) is 30.9 Å². The summed E-state index contributed by atoms with van der Waals surface area (Å²) in [5.41, 5.74) is 1.23. The van der Waals surface area contributed by atoms with Gasteiger partial charge in [-0.3, -0.25) is 9.69 Å². The number of carbonyl (C=O) groups is 1. The number of amides is 1. The van der Waals surface area contributed by atoms with Crippen LogP contribution >= 0.6 is 23.4 Å². The van der Waals surface area contributed by atoms with Crippen molar-refractivity contribution in [2.75, 3.05) is 31.6 Å². The van der Waals surface area contributed by atoms with Crippen LogP contribution in [-0.4, -0.2) is 42.4 Å². The third-order valence-corrected chi connectivity index (χ3v) is 4.66. The number of thioether (sulfide) groups is 1. The number of benzene rings is 1. The molecule has 1 atom stereocenters. The van der Waals surface area contributed by atoms with Crippen LogP contribution in [-0.2, 0) is 4.79 Å². The van der Waals surface area contributed by atoms with Crippen LogP contribution in [0.25, 0.3) is 0 Å². The minimum absolute atomic E-state index is 0.110. The predicted octanol–water partition coefficient (Wildman–Crippen LogP) is 3.35. The van der Waals surface area contributed by atoms with E-state index in [9.17, 15) is 4.79 Å². The normalized spacial score (nSPS) is 17.4. The highest BCUT2D eigenvalue weighted by atomic mass is 35.5. The highest BCUT2D eigenvalue weighted by Gasteiger charge is 2.22. The van der Waals surface area contributed by atoms with Crippen LogP contribution in [0.4, 0.5) is 0 Å². The largest absolute Gasteiger partial charge is 0.353 e. The fourth-order valence-corrected chi connectivity index (χ4v) is 3.26. The Morgan fingerprint density at radius 2 is 1.95 bits per heavy atom. The molecule has 1 aliphatic rings. The maximum atomic E-state index is 11.7. The first kappa shape index (κ1) is 16.7. The monoisotopic (exact) mass is 326 g/mol. The lowest BCUT2D eigenvalue weighted by molar-refractivity contribution is -0.118. The zero-order valence-electron chi connectivity index (χ0n) is 12.5. The Labute approximate surface area is 136 Å². The predicted molar refractivity (Wildman–Crippen MR) is 91.0 cm³/mol. The molecule has 1 amide bonds. The van der Waals surface area contributed by atoms with E-state index in [-0.39, 0.29) is 11.9 Å². The molecule has 0 bridgehead atoms. The lowest BCUT2D eigenvalue weighted by Gasteiger charge is -2.35. The van der Waals surface area contributed by atoms with Crippen molar-refractivity contribution in [3.05, 3.63) is 34.9 Å². The molecular formula is C16H23ClN2OS. The van der Waals surface area contributed by atoms with Gasteiger partial charge in [-0.15, -0.1) is 0 Å². The highest BCUT2D eigenvalue weighted by Crippen LogP contribution is 2.25. The summed E-state index contributed by atoms with van der Waals surface area (Å²) in [5, 5.41) is 3.81. The Bertz CT molecular complexity index is 446. The molecule has 1 aromatic carbocycles. The third-order valence-electron chi connectivity index (χ3n) is 3.85. The van der Waals surface area contributed by atoms with Crippen LogP contribution in [0, 0.1) is 0 Å². The summed E-state index contributed by atoms with van der Waals surface area (Å²) < 4.78 is 0. The van der Waals surface area contributed by atoms with Crippen LogP contribution in [0.2, 0.25) is 5.02 Å². The van der Waals surface area contributed by atoms with Gasteiger partial charge in [-0.05, 0) is 49.9 Å². The van der Waals surface area contributed by atoms with E-state index in [4.69, 9.17) is 11.6 Å². The van der Waals surface area contributed by atoms with Crippen molar-refractivity contribution in [1.82, 2.24) is 10.2 Å². The van der Waals surface area contributed by atoms with E-state index in [1.165, 1.54) is 24.8 Å². The van der Waals surface area contributed by atoms with Gasteiger partial charge in [0.25, 0.3) is 0 Å². The number of nitrogens with one attached hydrogen (secondary N) is 1. The molecule has 21 heavy (non-hydrogen) atoms. The van der Waals surface area contributed by atoms with E-state index >= 15 is 0 Å². The Kier molecular flexibility index (Phi) is 6.87. The molecule has 0 saturated carbocycles. The molecule has 1 saturated heterocycles. The number of hydrogen-bond donors (Lipinski definition) is 1. The van der Waals surface area contributed by atoms with Crippen LogP contribution < -0.4 is 5.32 Å². The van der Waals surface area contributed by atoms with Gasteiger partial charge < -0.3 is 5.32 Å². The van der Waals surface area contributed by atoms with Gasteiger partial charge >= 0.3 is 0 Å². The van der Waals surface area contributed by atoms with Gasteiger partial charge in [0, 0.05) is 11.6 Å². The molecule has 1 unspecified atom stereocenters. The van der Waals surface area contributed by atoms with Gasteiger partial charge in [-0.2, -0.15) is 11.8 Å². The maximum Gasteiger partial charge on any atom is 0.230 e. The van der Waals surface area contributed by atoms with Crippen molar-refractivity contribution in [2.24, 2.45) is 0 Å². The minimum Gasteiger partial charge on any atom is -0.353 e. The lowest BCUT2D eigenvalue weighted by Crippen LogP contribution is -2.41. The van der Waals surface area contributed by atoms with E-state index in [1.807, 2.05) is 18.4 Å². The van der Waals surface area contributed by atoms with Gasteiger partial charge in [-0.25, -0.2) is 0 Å². The molecule has 0 radical (unpaired) electrons. The van der Waals surface area contributed by atoms with Crippen molar-refractivity contribution in [2.45, 2.75) is 25.3 Å². The molecule has 2 rings (SSSR count). The summed E-state index contributed by atoms with van der Waals surface area (Å²) >= 11 is 7.54. The number of halogens is 1. The number of rotatable bonds is 6. The first-order chi connectivity index (χ1) is 10.2. The Morgan fingerprint density at radius 1 is 1.29 bits per heavy atom. The zero-order chi connectivity index (χ0) is 15.1. The zero-order valence-corrected chi connectivity index (χ0v) is 14.1. The molecule has 1 heterocycles. The standard InChI is InChI=1S/C16H23ClN2OS/c1-21-12-16(20)18-11-15(19-9-3-2-4-10-19)13-5-7-14(17)8-6-13/h5-8,15H,2-4,9-12H2,1H3,(H,18,20). The maximum absolute atomic E-state index is 11.7. The fourth-order valence-electron chi connectivity index (χ4n) is 2.77. The number of carbonyl (C=O) groups excluding carboxylic acids is 1. The number of nitrogens with zero attached hydrogens (tertiary/aromatic N) is 1. The average molecular weight is 327 g/mol. The second kappa shape index (κ2) is 8.66. The summed E-state index contributed by atoms with van der Waals surface area (Å²) in [5.74, 6) is 0.631. The summed E-state index contributed by atoms with van der Waals surface area (Å²) in [6, 6.07) is 8.24. The van der Waals surface area contributed by atoms with E-state index in [0.29, 0.717) is 12.3 Å². The van der Waals surface area contributed by atoms with Crippen molar-refractivity contribution in [3.63, 3.8) is 0 Å². The number of likely N-dealkylation sites (tertiary alicyclic amines) is 1. The van der Waals surface area contributed by atoms with Gasteiger partial charge in [0.2, 0.25) is 5.91 Å². The lowest BCUT2D eigenvalue weighted by atomic mass is 10.0. The quantitative estimate of drug-likeness (QED) is 0.870. The van der Waals surface area contributed by atoms with E-state index in [0.717, 1.165) is 18.1 Å². The Balaban J connectivity index is 2.05. The number of hydrogen-bond acceptors (Lipinski definition) is 3. The van der Waals surface area contributed by atoms with Gasteiger partial charge in [0.15, 0.2) is 0 Å². The smallest absolute Gasteiger partial charge is 0.230 e. The van der Waals surface area contributed by atoms with Crippen LogP contribution in [0.3, 0.4) is 0 Å². The topological polar surface area (TPSA) is 32.3 Å². The van der Waals surface area contributed by atoms with Crippen molar-refractivity contribution in [3.8, 4) is 0 Å². The highest BCUT2D eigenvalue weighted by molar-refractivity contribution is 7.99. The van der Waals surface area contributed by atoms with Crippen LogP contribution in [0.15, 0.2) is 24.3 Å². The van der Waals surface area contributed by atoms with Crippen LogP contribution in [0.5, 0.6) is 0 Å². The molecule has 1 aromatic rings. The summed E-state index contributed by atoms with van der Waals surface area (Å²) in [4.78, 5) is 14.2. The first-order valence-corrected chi connectivity index (χ1v) is 9.23. The molecule has 0 aromatic heterocycles. The summed E-state index contributed by atoms with van der Waals surface area (Å²) in [6.07, 6.45) is 5.73. The van der Waals surface area contributed by atoms with Crippen molar-refractivity contribution < 1.29 is 4.79 Å². The average Bonchev–Trinajstić information content (AvgIpc) is 2.50. The fraction of sp³-hybridized carbons (Fsp3) is 0.562.